The molecule has 0 rings (SSSR count). The van der Waals surface area contributed by atoms with Gasteiger partial charge in [-0.2, -0.15) is 0 Å². The number of carboxylic acid groups (broad SMARTS) is 1. The highest BCUT2D eigenvalue weighted by atomic mass is 35.5. The van der Waals surface area contributed by atoms with Crippen LogP contribution in [0, 0.1) is 11.8 Å². The first-order valence-corrected chi connectivity index (χ1v) is 4.85. The smallest absolute Gasteiger partial charge is 0.333 e. The van der Waals surface area contributed by atoms with Gasteiger partial charge in [0.15, 0.2) is 0 Å². The Bertz CT molecular complexity index is 217. The number of aliphatic carboxylic acids is 1. The van der Waals surface area contributed by atoms with E-state index in [1.165, 1.54) is 0 Å². The molecule has 0 aliphatic heterocycles. The van der Waals surface area contributed by atoms with Crippen LogP contribution in [0.1, 0.15) is 34.1 Å². The Kier molecular flexibility index (Phi) is 5.07. The summed E-state index contributed by atoms with van der Waals surface area (Å²) in [5.41, 5.74) is 0.343. The molecule has 0 unspecified atom stereocenters. The zero-order valence-electron chi connectivity index (χ0n) is 8.60. The van der Waals surface area contributed by atoms with E-state index in [9.17, 15) is 4.79 Å². The van der Waals surface area contributed by atoms with Crippen molar-refractivity contribution in [1.29, 1.82) is 0 Å². The van der Waals surface area contributed by atoms with Gasteiger partial charge in [-0.25, -0.2) is 4.79 Å². The standard InChI is InChI=1S/C10H17ClO2/c1-6(2)5-8(11)9(7(3)4)10(12)13/h6-7H,5H2,1-4H3,(H,12,13). The second-order valence-corrected chi connectivity index (χ2v) is 4.33. The first-order valence-electron chi connectivity index (χ1n) is 4.48. The molecule has 0 bridgehead atoms. The zero-order chi connectivity index (χ0) is 10.6. The number of carboxylic acids is 1. The summed E-state index contributed by atoms with van der Waals surface area (Å²) in [6, 6.07) is 0. The van der Waals surface area contributed by atoms with Crippen LogP contribution in [0.15, 0.2) is 10.6 Å². The van der Waals surface area contributed by atoms with Crippen molar-refractivity contribution in [3.05, 3.63) is 10.6 Å². The summed E-state index contributed by atoms with van der Waals surface area (Å²) in [5, 5.41) is 9.37. The molecule has 0 saturated heterocycles. The van der Waals surface area contributed by atoms with E-state index >= 15 is 0 Å². The highest BCUT2D eigenvalue weighted by Gasteiger charge is 2.17. The average molecular weight is 205 g/mol. The van der Waals surface area contributed by atoms with Gasteiger partial charge in [0.25, 0.3) is 0 Å². The van der Waals surface area contributed by atoms with Gasteiger partial charge in [0.05, 0.1) is 5.57 Å². The van der Waals surface area contributed by atoms with E-state index in [4.69, 9.17) is 16.7 Å². The van der Waals surface area contributed by atoms with Crippen LogP contribution in [0.3, 0.4) is 0 Å². The molecule has 0 amide bonds. The molecule has 0 spiro atoms. The van der Waals surface area contributed by atoms with Crippen LogP contribution in [0.4, 0.5) is 0 Å². The van der Waals surface area contributed by atoms with Crippen LogP contribution >= 0.6 is 11.6 Å². The van der Waals surface area contributed by atoms with Gasteiger partial charge in [-0.05, 0) is 18.3 Å². The van der Waals surface area contributed by atoms with Crippen molar-refractivity contribution in [2.24, 2.45) is 11.8 Å². The monoisotopic (exact) mass is 204 g/mol. The maximum absolute atomic E-state index is 10.8. The minimum atomic E-state index is -0.902. The van der Waals surface area contributed by atoms with E-state index in [1.54, 1.807) is 0 Å². The molecule has 0 heterocycles. The van der Waals surface area contributed by atoms with Crippen LogP contribution < -0.4 is 0 Å². The molecule has 0 radical (unpaired) electrons. The number of halogens is 1. The number of carbonyl (C=O) groups is 1. The van der Waals surface area contributed by atoms with Gasteiger partial charge in [0.1, 0.15) is 0 Å². The predicted octanol–water partition coefficient (Wildman–Crippen LogP) is 3.27. The second kappa shape index (κ2) is 5.28. The Balaban J connectivity index is 4.76. The van der Waals surface area contributed by atoms with Gasteiger partial charge in [0.2, 0.25) is 0 Å². The number of rotatable bonds is 4. The highest BCUT2D eigenvalue weighted by Crippen LogP contribution is 2.24. The summed E-state index contributed by atoms with van der Waals surface area (Å²) < 4.78 is 0. The molecule has 0 aliphatic rings. The lowest BCUT2D eigenvalue weighted by Crippen LogP contribution is -2.09. The van der Waals surface area contributed by atoms with Gasteiger partial charge in [-0.15, -0.1) is 0 Å². The quantitative estimate of drug-likeness (QED) is 0.714. The third-order valence-corrected chi connectivity index (χ3v) is 2.05. The van der Waals surface area contributed by atoms with Gasteiger partial charge in [0, 0.05) is 5.03 Å². The predicted molar refractivity (Wildman–Crippen MR) is 54.8 cm³/mol. The van der Waals surface area contributed by atoms with Gasteiger partial charge in [-0.1, -0.05) is 39.3 Å². The van der Waals surface area contributed by atoms with E-state index < -0.39 is 5.97 Å². The highest BCUT2D eigenvalue weighted by molar-refractivity contribution is 6.31. The molecular weight excluding hydrogens is 188 g/mol. The molecule has 0 aliphatic carbocycles. The molecule has 2 nitrogen and oxygen atoms in total. The van der Waals surface area contributed by atoms with Gasteiger partial charge in [-0.3, -0.25) is 0 Å². The SMILES string of the molecule is CC(C)CC(Cl)=C(C(=O)O)C(C)C. The van der Waals surface area contributed by atoms with E-state index in [-0.39, 0.29) is 5.92 Å². The largest absolute Gasteiger partial charge is 0.478 e. The zero-order valence-corrected chi connectivity index (χ0v) is 9.35. The van der Waals surface area contributed by atoms with Crippen molar-refractivity contribution in [2.45, 2.75) is 34.1 Å². The Labute approximate surface area is 84.6 Å². The van der Waals surface area contributed by atoms with Crippen LogP contribution in [-0.2, 0) is 4.79 Å². The normalized spacial score (nSPS) is 13.5. The molecule has 1 N–H and O–H groups in total. The van der Waals surface area contributed by atoms with Crippen molar-refractivity contribution in [1.82, 2.24) is 0 Å². The summed E-state index contributed by atoms with van der Waals surface area (Å²) in [7, 11) is 0. The van der Waals surface area contributed by atoms with E-state index in [0.29, 0.717) is 22.9 Å². The molecule has 0 fully saturated rings. The van der Waals surface area contributed by atoms with Crippen molar-refractivity contribution < 1.29 is 9.90 Å². The van der Waals surface area contributed by atoms with Crippen molar-refractivity contribution >= 4 is 17.6 Å². The second-order valence-electron chi connectivity index (χ2n) is 3.88. The van der Waals surface area contributed by atoms with E-state index in [1.807, 2.05) is 27.7 Å². The minimum Gasteiger partial charge on any atom is -0.478 e. The molecule has 0 aromatic carbocycles. The maximum Gasteiger partial charge on any atom is 0.333 e. The molecule has 0 atom stereocenters. The fraction of sp³-hybridized carbons (Fsp3) is 0.700. The first kappa shape index (κ1) is 12.5. The van der Waals surface area contributed by atoms with Crippen LogP contribution in [0.5, 0.6) is 0 Å². The third-order valence-electron chi connectivity index (χ3n) is 1.69. The van der Waals surface area contributed by atoms with Crippen LogP contribution in [-0.4, -0.2) is 11.1 Å². The van der Waals surface area contributed by atoms with Crippen molar-refractivity contribution in [3.8, 4) is 0 Å². The molecule has 76 valence electrons. The molecular formula is C10H17ClO2. The lowest BCUT2D eigenvalue weighted by molar-refractivity contribution is -0.133. The Hall–Kier alpha value is -0.500. The minimum absolute atomic E-state index is 0.0243. The lowest BCUT2D eigenvalue weighted by atomic mass is 9.99. The molecule has 0 aromatic heterocycles. The summed E-state index contributed by atoms with van der Waals surface area (Å²) in [6.45, 7) is 7.71. The summed E-state index contributed by atoms with van der Waals surface area (Å²) >= 11 is 5.93. The molecule has 0 aromatic rings. The molecule has 13 heavy (non-hydrogen) atoms. The van der Waals surface area contributed by atoms with E-state index in [0.717, 1.165) is 0 Å². The fourth-order valence-corrected chi connectivity index (χ4v) is 1.75. The van der Waals surface area contributed by atoms with Gasteiger partial charge < -0.3 is 5.11 Å². The van der Waals surface area contributed by atoms with E-state index in [2.05, 4.69) is 0 Å². The van der Waals surface area contributed by atoms with Gasteiger partial charge >= 0.3 is 5.97 Å². The Morgan fingerprint density at radius 1 is 1.31 bits per heavy atom. The number of hydrogen-bond acceptors (Lipinski definition) is 1. The topological polar surface area (TPSA) is 37.3 Å². The molecule has 3 heteroatoms. The number of hydrogen-bond donors (Lipinski definition) is 1. The summed E-state index contributed by atoms with van der Waals surface area (Å²) in [5.74, 6) is -0.537. The maximum atomic E-state index is 10.8. The summed E-state index contributed by atoms with van der Waals surface area (Å²) in [4.78, 5) is 10.8. The Morgan fingerprint density at radius 3 is 2.00 bits per heavy atom. The summed E-state index contributed by atoms with van der Waals surface area (Å²) in [6.07, 6.45) is 0.640. The Morgan fingerprint density at radius 2 is 1.77 bits per heavy atom. The van der Waals surface area contributed by atoms with Crippen molar-refractivity contribution in [3.63, 3.8) is 0 Å². The van der Waals surface area contributed by atoms with Crippen LogP contribution in [0.25, 0.3) is 0 Å². The fourth-order valence-electron chi connectivity index (χ4n) is 1.14. The molecule has 0 saturated carbocycles. The lowest BCUT2D eigenvalue weighted by Gasteiger charge is -2.11. The first-order chi connectivity index (χ1) is 5.86. The van der Waals surface area contributed by atoms with Crippen molar-refractivity contribution in [2.75, 3.05) is 0 Å². The number of allylic oxidation sites excluding steroid dienone is 1. The van der Waals surface area contributed by atoms with Crippen LogP contribution in [0.2, 0.25) is 0 Å². The average Bonchev–Trinajstić information content (AvgIpc) is 1.81. The third kappa shape index (κ3) is 4.32.